The average molecular weight is 147 g/mol. The lowest BCUT2D eigenvalue weighted by atomic mass is 10.1. The van der Waals surface area contributed by atoms with Gasteiger partial charge in [-0.05, 0) is 36.4 Å². The van der Waals surface area contributed by atoms with Gasteiger partial charge in [-0.3, -0.25) is 0 Å². The molecule has 0 unspecified atom stereocenters. The van der Waals surface area contributed by atoms with Gasteiger partial charge in [0.25, 0.3) is 0 Å². The van der Waals surface area contributed by atoms with Crippen LogP contribution in [0.15, 0.2) is 24.3 Å². The molecule has 58 valence electrons. The summed E-state index contributed by atoms with van der Waals surface area (Å²) in [5.74, 6) is 0.701. The maximum Gasteiger partial charge on any atom is -0.00425 e. The lowest BCUT2D eigenvalue weighted by molar-refractivity contribution is 0.575. The zero-order valence-corrected chi connectivity index (χ0v) is 6.59. The molecule has 0 saturated carbocycles. The third-order valence-corrected chi connectivity index (χ3v) is 2.47. The molecule has 1 aliphatic carbocycles. The molecule has 0 fully saturated rings. The Kier molecular flexibility index (Phi) is 1.66. The van der Waals surface area contributed by atoms with E-state index >= 15 is 0 Å². The summed E-state index contributed by atoms with van der Waals surface area (Å²) in [7, 11) is 0. The van der Waals surface area contributed by atoms with Crippen molar-refractivity contribution in [1.29, 1.82) is 0 Å². The Morgan fingerprint density at radius 3 is 2.18 bits per heavy atom. The predicted molar refractivity (Wildman–Crippen MR) is 46.4 cm³/mol. The molecule has 1 aliphatic rings. The Morgan fingerprint density at radius 1 is 1.18 bits per heavy atom. The Balaban J connectivity index is 2.27. The fraction of sp³-hybridized carbons (Fsp3) is 0.400. The summed E-state index contributed by atoms with van der Waals surface area (Å²) in [4.78, 5) is 0. The molecule has 0 spiro atoms. The normalized spacial score (nSPS) is 16.8. The highest BCUT2D eigenvalue weighted by molar-refractivity contribution is 5.32. The van der Waals surface area contributed by atoms with E-state index in [2.05, 4.69) is 24.3 Å². The summed E-state index contributed by atoms with van der Waals surface area (Å²) in [6.07, 6.45) is 2.37. The molecule has 0 atom stereocenters. The van der Waals surface area contributed by atoms with Gasteiger partial charge in [-0.15, -0.1) is 0 Å². The third kappa shape index (κ3) is 1.16. The van der Waals surface area contributed by atoms with Crippen molar-refractivity contribution in [2.24, 2.45) is 11.7 Å². The molecule has 0 amide bonds. The van der Waals surface area contributed by atoms with Crippen molar-refractivity contribution in [3.05, 3.63) is 35.4 Å². The van der Waals surface area contributed by atoms with Gasteiger partial charge < -0.3 is 5.73 Å². The first-order chi connectivity index (χ1) is 5.40. The van der Waals surface area contributed by atoms with Crippen LogP contribution in [0.2, 0.25) is 0 Å². The van der Waals surface area contributed by atoms with Gasteiger partial charge in [0.05, 0.1) is 0 Å². The molecule has 2 rings (SSSR count). The van der Waals surface area contributed by atoms with Crippen LogP contribution >= 0.6 is 0 Å². The predicted octanol–water partition coefficient (Wildman–Crippen LogP) is 1.36. The number of hydrogen-bond acceptors (Lipinski definition) is 1. The van der Waals surface area contributed by atoms with Crippen LogP contribution in [0.3, 0.4) is 0 Å². The fourth-order valence-electron chi connectivity index (χ4n) is 1.82. The van der Waals surface area contributed by atoms with Crippen LogP contribution in [0.5, 0.6) is 0 Å². The molecule has 0 bridgehead atoms. The van der Waals surface area contributed by atoms with Gasteiger partial charge in [0, 0.05) is 0 Å². The molecular weight excluding hydrogens is 134 g/mol. The molecule has 11 heavy (non-hydrogen) atoms. The number of benzene rings is 1. The SMILES string of the molecule is NCC1Cc2ccccc2C1. The van der Waals surface area contributed by atoms with Gasteiger partial charge in [-0.1, -0.05) is 24.3 Å². The van der Waals surface area contributed by atoms with E-state index in [-0.39, 0.29) is 0 Å². The largest absolute Gasteiger partial charge is 0.330 e. The molecule has 0 aromatic heterocycles. The molecule has 2 N–H and O–H groups in total. The van der Waals surface area contributed by atoms with E-state index in [0.29, 0.717) is 5.92 Å². The van der Waals surface area contributed by atoms with Gasteiger partial charge in [0.15, 0.2) is 0 Å². The Hall–Kier alpha value is -0.820. The van der Waals surface area contributed by atoms with Crippen molar-refractivity contribution in [1.82, 2.24) is 0 Å². The van der Waals surface area contributed by atoms with Crippen LogP contribution in [0.1, 0.15) is 11.1 Å². The minimum Gasteiger partial charge on any atom is -0.330 e. The van der Waals surface area contributed by atoms with Crippen molar-refractivity contribution in [2.45, 2.75) is 12.8 Å². The van der Waals surface area contributed by atoms with Crippen molar-refractivity contribution in [3.8, 4) is 0 Å². The van der Waals surface area contributed by atoms with E-state index in [4.69, 9.17) is 5.73 Å². The van der Waals surface area contributed by atoms with E-state index in [1.807, 2.05) is 0 Å². The van der Waals surface area contributed by atoms with Crippen molar-refractivity contribution < 1.29 is 0 Å². The Morgan fingerprint density at radius 2 is 1.73 bits per heavy atom. The number of hydrogen-bond donors (Lipinski definition) is 1. The van der Waals surface area contributed by atoms with Crippen LogP contribution in [-0.2, 0) is 12.8 Å². The third-order valence-electron chi connectivity index (χ3n) is 2.47. The Bertz CT molecular complexity index is 230. The standard InChI is InChI=1S/C10H13N/c11-7-8-5-9-3-1-2-4-10(9)6-8/h1-4,8H,5-7,11H2. The van der Waals surface area contributed by atoms with Gasteiger partial charge in [-0.25, -0.2) is 0 Å². The van der Waals surface area contributed by atoms with Crippen molar-refractivity contribution in [3.63, 3.8) is 0 Å². The van der Waals surface area contributed by atoms with Gasteiger partial charge in [0.1, 0.15) is 0 Å². The molecule has 0 radical (unpaired) electrons. The molecule has 1 aromatic carbocycles. The fourth-order valence-corrected chi connectivity index (χ4v) is 1.82. The highest BCUT2D eigenvalue weighted by Gasteiger charge is 2.18. The Labute approximate surface area is 67.2 Å². The minimum absolute atomic E-state index is 0.701. The monoisotopic (exact) mass is 147 g/mol. The molecule has 1 aromatic rings. The summed E-state index contributed by atoms with van der Waals surface area (Å²) >= 11 is 0. The van der Waals surface area contributed by atoms with E-state index in [1.54, 1.807) is 0 Å². The van der Waals surface area contributed by atoms with Crippen LogP contribution in [0.25, 0.3) is 0 Å². The summed E-state index contributed by atoms with van der Waals surface area (Å²) < 4.78 is 0. The van der Waals surface area contributed by atoms with Crippen LogP contribution < -0.4 is 5.73 Å². The zero-order valence-electron chi connectivity index (χ0n) is 6.59. The molecule has 0 heterocycles. The van der Waals surface area contributed by atoms with E-state index in [1.165, 1.54) is 24.0 Å². The number of nitrogens with two attached hydrogens (primary N) is 1. The molecule has 0 aliphatic heterocycles. The summed E-state index contributed by atoms with van der Waals surface area (Å²) in [6, 6.07) is 8.64. The lowest BCUT2D eigenvalue weighted by Gasteiger charge is -2.01. The first-order valence-electron chi connectivity index (χ1n) is 4.17. The van der Waals surface area contributed by atoms with Gasteiger partial charge in [-0.2, -0.15) is 0 Å². The molecular formula is C10H13N. The number of fused-ring (bicyclic) bond motifs is 1. The van der Waals surface area contributed by atoms with Crippen molar-refractivity contribution in [2.75, 3.05) is 6.54 Å². The highest BCUT2D eigenvalue weighted by atomic mass is 14.6. The average Bonchev–Trinajstić information content (AvgIpc) is 2.46. The molecule has 0 saturated heterocycles. The van der Waals surface area contributed by atoms with Crippen LogP contribution in [0.4, 0.5) is 0 Å². The second kappa shape index (κ2) is 2.67. The maximum atomic E-state index is 5.61. The topological polar surface area (TPSA) is 26.0 Å². The first kappa shape index (κ1) is 6.86. The lowest BCUT2D eigenvalue weighted by Crippen LogP contribution is -2.13. The second-order valence-corrected chi connectivity index (χ2v) is 3.28. The van der Waals surface area contributed by atoms with E-state index < -0.39 is 0 Å². The highest BCUT2D eigenvalue weighted by Crippen LogP contribution is 2.25. The quantitative estimate of drug-likeness (QED) is 0.637. The number of rotatable bonds is 1. The summed E-state index contributed by atoms with van der Waals surface area (Å²) in [6.45, 7) is 0.828. The molecule has 1 nitrogen and oxygen atoms in total. The maximum absolute atomic E-state index is 5.61. The summed E-state index contributed by atoms with van der Waals surface area (Å²) in [5, 5.41) is 0. The van der Waals surface area contributed by atoms with Gasteiger partial charge >= 0.3 is 0 Å². The minimum atomic E-state index is 0.701. The van der Waals surface area contributed by atoms with E-state index in [0.717, 1.165) is 6.54 Å². The second-order valence-electron chi connectivity index (χ2n) is 3.28. The van der Waals surface area contributed by atoms with Crippen LogP contribution in [-0.4, -0.2) is 6.54 Å². The van der Waals surface area contributed by atoms with Gasteiger partial charge in [0.2, 0.25) is 0 Å². The van der Waals surface area contributed by atoms with Crippen molar-refractivity contribution >= 4 is 0 Å². The van der Waals surface area contributed by atoms with E-state index in [9.17, 15) is 0 Å². The first-order valence-corrected chi connectivity index (χ1v) is 4.17. The molecule has 1 heteroatoms. The smallest absolute Gasteiger partial charge is 0.00425 e. The van der Waals surface area contributed by atoms with Crippen LogP contribution in [0, 0.1) is 5.92 Å². The summed E-state index contributed by atoms with van der Waals surface area (Å²) in [5.41, 5.74) is 8.62. The zero-order chi connectivity index (χ0) is 7.68.